The second-order valence-corrected chi connectivity index (χ2v) is 7.79. The number of benzene rings is 1. The largest absolute Gasteiger partial charge is 0.486 e. The van der Waals surface area contributed by atoms with E-state index in [4.69, 9.17) is 28.1 Å². The third-order valence-corrected chi connectivity index (χ3v) is 5.93. The smallest absolute Gasteiger partial charge is 0.348 e. The lowest BCUT2D eigenvalue weighted by molar-refractivity contribution is 0.0601. The van der Waals surface area contributed by atoms with Crippen LogP contribution in [0.15, 0.2) is 34.7 Å². The maximum atomic E-state index is 12.7. The van der Waals surface area contributed by atoms with E-state index in [9.17, 15) is 14.4 Å². The van der Waals surface area contributed by atoms with Gasteiger partial charge >= 0.3 is 11.9 Å². The van der Waals surface area contributed by atoms with E-state index in [1.807, 2.05) is 0 Å². The number of carbonyl (C=O) groups excluding carboxylic acids is 3. The van der Waals surface area contributed by atoms with Crippen molar-refractivity contribution >= 4 is 34.2 Å². The van der Waals surface area contributed by atoms with E-state index in [0.29, 0.717) is 28.6 Å². The molecule has 1 N–H and O–H groups in total. The molecule has 3 aromatic rings. The molecular formula is C22H19NO9S. The van der Waals surface area contributed by atoms with Gasteiger partial charge in [-0.3, -0.25) is 4.79 Å². The molecule has 3 heterocycles. The summed E-state index contributed by atoms with van der Waals surface area (Å²) >= 11 is 0.914. The number of hydrogen-bond acceptors (Lipinski definition) is 10. The van der Waals surface area contributed by atoms with Gasteiger partial charge in [-0.25, -0.2) is 9.59 Å². The minimum atomic E-state index is -0.688. The monoisotopic (exact) mass is 473 g/mol. The van der Waals surface area contributed by atoms with Crippen LogP contribution in [0.5, 0.6) is 17.2 Å². The fourth-order valence-corrected chi connectivity index (χ4v) is 4.21. The normalized spacial score (nSPS) is 11.7. The molecule has 1 aliphatic heterocycles. The van der Waals surface area contributed by atoms with Gasteiger partial charge in [0.2, 0.25) is 6.79 Å². The summed E-state index contributed by atoms with van der Waals surface area (Å²) in [6.07, 6.45) is 0. The molecule has 2 aromatic heterocycles. The summed E-state index contributed by atoms with van der Waals surface area (Å²) < 4.78 is 31.3. The number of hydrogen-bond donors (Lipinski definition) is 1. The lowest BCUT2D eigenvalue weighted by Gasteiger charge is -2.06. The molecule has 1 amide bonds. The fourth-order valence-electron chi connectivity index (χ4n) is 3.10. The molecule has 1 aromatic carbocycles. The van der Waals surface area contributed by atoms with Gasteiger partial charge in [0.1, 0.15) is 28.0 Å². The van der Waals surface area contributed by atoms with Gasteiger partial charge in [0.05, 0.1) is 19.8 Å². The first-order chi connectivity index (χ1) is 15.9. The van der Waals surface area contributed by atoms with Crippen molar-refractivity contribution in [1.29, 1.82) is 0 Å². The lowest BCUT2D eigenvalue weighted by Crippen LogP contribution is -2.13. The van der Waals surface area contributed by atoms with Gasteiger partial charge in [-0.15, -0.1) is 11.3 Å². The third kappa shape index (κ3) is 4.48. The highest BCUT2D eigenvalue weighted by Crippen LogP contribution is 2.36. The molecule has 1 aliphatic rings. The Morgan fingerprint density at radius 1 is 1.03 bits per heavy atom. The molecule has 172 valence electrons. The SMILES string of the molecule is COC(=O)c1sc(NC(=O)c2ccc(COc3ccc4c(c3)OCO4)o2)c(C(=O)OC)c1C. The second-order valence-electron chi connectivity index (χ2n) is 6.77. The van der Waals surface area contributed by atoms with Crippen molar-refractivity contribution in [2.24, 2.45) is 0 Å². The minimum Gasteiger partial charge on any atom is -0.486 e. The van der Waals surface area contributed by atoms with Crippen LogP contribution in [-0.4, -0.2) is 38.9 Å². The van der Waals surface area contributed by atoms with E-state index >= 15 is 0 Å². The van der Waals surface area contributed by atoms with Crippen molar-refractivity contribution in [3.8, 4) is 17.2 Å². The number of ether oxygens (including phenoxy) is 5. The molecule has 33 heavy (non-hydrogen) atoms. The molecule has 0 atom stereocenters. The number of nitrogens with one attached hydrogen (secondary N) is 1. The van der Waals surface area contributed by atoms with E-state index in [-0.39, 0.29) is 34.6 Å². The molecule has 0 radical (unpaired) electrons. The highest BCUT2D eigenvalue weighted by molar-refractivity contribution is 7.18. The maximum Gasteiger partial charge on any atom is 0.348 e. The van der Waals surface area contributed by atoms with Gasteiger partial charge in [-0.2, -0.15) is 0 Å². The summed E-state index contributed by atoms with van der Waals surface area (Å²) in [7, 11) is 2.44. The first kappa shape index (κ1) is 22.2. The van der Waals surface area contributed by atoms with Crippen LogP contribution in [0.1, 0.15) is 41.9 Å². The Labute approximate surface area is 191 Å². The van der Waals surface area contributed by atoms with Crippen molar-refractivity contribution < 1.29 is 42.5 Å². The number of esters is 2. The van der Waals surface area contributed by atoms with Gasteiger partial charge in [0.15, 0.2) is 17.3 Å². The van der Waals surface area contributed by atoms with E-state index in [0.717, 1.165) is 11.3 Å². The average molecular weight is 473 g/mol. The summed E-state index contributed by atoms with van der Waals surface area (Å²) in [5.41, 5.74) is 0.431. The zero-order chi connectivity index (χ0) is 23.5. The predicted molar refractivity (Wildman–Crippen MR) is 115 cm³/mol. The van der Waals surface area contributed by atoms with E-state index < -0.39 is 17.8 Å². The Morgan fingerprint density at radius 3 is 2.55 bits per heavy atom. The molecule has 0 fully saturated rings. The third-order valence-electron chi connectivity index (χ3n) is 4.74. The Kier molecular flexibility index (Phi) is 6.22. The number of amides is 1. The number of anilines is 1. The zero-order valence-corrected chi connectivity index (χ0v) is 18.7. The minimum absolute atomic E-state index is 0.000716. The highest BCUT2D eigenvalue weighted by Gasteiger charge is 2.27. The molecule has 4 rings (SSSR count). The average Bonchev–Trinajstić information content (AvgIpc) is 3.55. The van der Waals surface area contributed by atoms with Crippen LogP contribution in [0.25, 0.3) is 0 Å². The predicted octanol–water partition coefficient (Wildman–Crippen LogP) is 3.78. The second kappa shape index (κ2) is 9.25. The molecule has 0 unspecified atom stereocenters. The van der Waals surface area contributed by atoms with Crippen LogP contribution in [-0.2, 0) is 16.1 Å². The van der Waals surface area contributed by atoms with Crippen LogP contribution in [0.2, 0.25) is 0 Å². The molecule has 0 saturated carbocycles. The number of carbonyl (C=O) groups is 3. The molecule has 0 saturated heterocycles. The van der Waals surface area contributed by atoms with E-state index in [1.165, 1.54) is 20.3 Å². The standard InChI is InChI=1S/C22H19NO9S/c1-11-17(21(25)27-2)20(33-18(11)22(26)28-3)23-19(24)15-7-5-13(32-15)9-29-12-4-6-14-16(8-12)31-10-30-14/h4-8H,9-10H2,1-3H3,(H,23,24). The lowest BCUT2D eigenvalue weighted by atomic mass is 10.1. The molecule has 0 bridgehead atoms. The molecule has 0 aliphatic carbocycles. The number of rotatable bonds is 7. The number of furan rings is 1. The fraction of sp³-hybridized carbons (Fsp3) is 0.227. The summed E-state index contributed by atoms with van der Waals surface area (Å²) in [4.78, 5) is 37.1. The van der Waals surface area contributed by atoms with Crippen molar-refractivity contribution in [2.45, 2.75) is 13.5 Å². The highest BCUT2D eigenvalue weighted by atomic mass is 32.1. The number of thiophene rings is 1. The summed E-state index contributed by atoms with van der Waals surface area (Å²) in [6.45, 7) is 1.81. The number of fused-ring (bicyclic) bond motifs is 1. The van der Waals surface area contributed by atoms with Crippen molar-refractivity contribution in [3.63, 3.8) is 0 Å². The van der Waals surface area contributed by atoms with Gasteiger partial charge in [0, 0.05) is 6.07 Å². The van der Waals surface area contributed by atoms with Gasteiger partial charge < -0.3 is 33.4 Å². The summed E-state index contributed by atoms with van der Waals surface area (Å²) in [6, 6.07) is 8.25. The molecular weight excluding hydrogens is 454 g/mol. The van der Waals surface area contributed by atoms with Crippen LogP contribution in [0, 0.1) is 6.92 Å². The first-order valence-electron chi connectivity index (χ1n) is 9.63. The van der Waals surface area contributed by atoms with Gasteiger partial charge in [-0.1, -0.05) is 0 Å². The van der Waals surface area contributed by atoms with E-state index in [2.05, 4.69) is 5.32 Å². The Hall–Kier alpha value is -3.99. The van der Waals surface area contributed by atoms with Crippen molar-refractivity contribution in [3.05, 3.63) is 57.9 Å². The van der Waals surface area contributed by atoms with Crippen molar-refractivity contribution in [2.75, 3.05) is 26.3 Å². The van der Waals surface area contributed by atoms with Crippen LogP contribution in [0.3, 0.4) is 0 Å². The Morgan fingerprint density at radius 2 is 1.79 bits per heavy atom. The van der Waals surface area contributed by atoms with E-state index in [1.54, 1.807) is 31.2 Å². The maximum absolute atomic E-state index is 12.7. The summed E-state index contributed by atoms with van der Waals surface area (Å²) in [5, 5.41) is 2.76. The van der Waals surface area contributed by atoms with Gasteiger partial charge in [0.25, 0.3) is 5.91 Å². The van der Waals surface area contributed by atoms with Crippen LogP contribution in [0.4, 0.5) is 5.00 Å². The van der Waals surface area contributed by atoms with Gasteiger partial charge in [-0.05, 0) is 36.8 Å². The number of methoxy groups -OCH3 is 2. The van der Waals surface area contributed by atoms with Crippen LogP contribution < -0.4 is 19.5 Å². The van der Waals surface area contributed by atoms with Crippen molar-refractivity contribution in [1.82, 2.24) is 0 Å². The Balaban J connectivity index is 1.46. The summed E-state index contributed by atoms with van der Waals surface area (Å²) in [5.74, 6) is 0.275. The zero-order valence-electron chi connectivity index (χ0n) is 17.9. The molecule has 11 heteroatoms. The molecule has 10 nitrogen and oxygen atoms in total. The van der Waals surface area contributed by atoms with Crippen LogP contribution >= 0.6 is 11.3 Å². The Bertz CT molecular complexity index is 1230. The first-order valence-corrected chi connectivity index (χ1v) is 10.5. The topological polar surface area (TPSA) is 123 Å². The quantitative estimate of drug-likeness (QED) is 0.511. The molecule has 0 spiro atoms.